The van der Waals surface area contributed by atoms with Crippen molar-refractivity contribution >= 4 is 17.8 Å². The highest BCUT2D eigenvalue weighted by Gasteiger charge is 2.19. The van der Waals surface area contributed by atoms with Gasteiger partial charge in [0, 0.05) is 0 Å². The van der Waals surface area contributed by atoms with E-state index in [0.29, 0.717) is 28.4 Å². The molecule has 1 aromatic heterocycles. The summed E-state index contributed by atoms with van der Waals surface area (Å²) in [6.45, 7) is 1.89. The van der Waals surface area contributed by atoms with E-state index in [-0.39, 0.29) is 11.4 Å². The molecular weight excluding hydrogens is 390 g/mol. The quantitative estimate of drug-likeness (QED) is 0.359. The number of carbonyl (C=O) groups is 1. The van der Waals surface area contributed by atoms with Gasteiger partial charge in [0.25, 0.3) is 11.6 Å². The Morgan fingerprint density at radius 1 is 1.13 bits per heavy atom. The molecule has 1 heterocycles. The van der Waals surface area contributed by atoms with Crippen molar-refractivity contribution in [2.45, 2.75) is 6.92 Å². The van der Waals surface area contributed by atoms with E-state index in [2.05, 4.69) is 10.5 Å². The van der Waals surface area contributed by atoms with Gasteiger partial charge in [-0.05, 0) is 48.9 Å². The first-order chi connectivity index (χ1) is 14.4. The Morgan fingerprint density at radius 3 is 2.63 bits per heavy atom. The van der Waals surface area contributed by atoms with Gasteiger partial charge in [0.1, 0.15) is 23.0 Å². The Bertz CT molecular complexity index is 1120. The van der Waals surface area contributed by atoms with Crippen molar-refractivity contribution in [2.24, 2.45) is 5.10 Å². The zero-order chi connectivity index (χ0) is 21.7. The van der Waals surface area contributed by atoms with Crippen LogP contribution in [0.3, 0.4) is 0 Å². The maximum absolute atomic E-state index is 12.3. The van der Waals surface area contributed by atoms with Gasteiger partial charge in [0.15, 0.2) is 0 Å². The summed E-state index contributed by atoms with van der Waals surface area (Å²) in [5, 5.41) is 15.2. The number of ether oxygens (including phenoxy) is 2. The number of hydrogen-bond acceptors (Lipinski definition) is 7. The maximum Gasteiger partial charge on any atom is 0.284 e. The number of benzene rings is 2. The number of nitro groups is 1. The highest BCUT2D eigenvalue weighted by atomic mass is 16.6. The standard InChI is InChI=1S/C21H19N3O6/c1-13-4-7-17(20(10-13)29-3)21(25)23-22-12-15-6-9-19(30-15)16-8-5-14(28-2)11-18(16)24(26)27/h4-12H,1-3H3,(H,23,25)/b22-12-. The second kappa shape index (κ2) is 8.91. The number of aryl methyl sites for hydroxylation is 1. The van der Waals surface area contributed by atoms with E-state index in [0.717, 1.165) is 5.56 Å². The summed E-state index contributed by atoms with van der Waals surface area (Å²) in [6.07, 6.45) is 1.30. The molecule has 0 aliphatic rings. The molecule has 0 unspecified atom stereocenters. The Hall–Kier alpha value is -4.14. The number of rotatable bonds is 7. The van der Waals surface area contributed by atoms with Crippen LogP contribution in [-0.2, 0) is 0 Å². The lowest BCUT2D eigenvalue weighted by Crippen LogP contribution is -2.18. The van der Waals surface area contributed by atoms with E-state index in [4.69, 9.17) is 13.9 Å². The molecule has 0 aliphatic heterocycles. The van der Waals surface area contributed by atoms with Crippen LogP contribution in [0.1, 0.15) is 21.7 Å². The second-order valence-electron chi connectivity index (χ2n) is 6.25. The summed E-state index contributed by atoms with van der Waals surface area (Å²) in [6, 6.07) is 12.8. The summed E-state index contributed by atoms with van der Waals surface area (Å²) >= 11 is 0. The van der Waals surface area contributed by atoms with Gasteiger partial charge >= 0.3 is 0 Å². The number of nitro benzene ring substituents is 1. The smallest absolute Gasteiger partial charge is 0.284 e. The van der Waals surface area contributed by atoms with Gasteiger partial charge in [-0.2, -0.15) is 5.10 Å². The SMILES string of the molecule is COc1ccc(-c2ccc(/C=N\NC(=O)c3ccc(C)cc3OC)o2)c([N+](=O)[O-])c1. The molecule has 0 saturated heterocycles. The number of carbonyl (C=O) groups excluding carboxylic acids is 1. The summed E-state index contributed by atoms with van der Waals surface area (Å²) < 4.78 is 15.9. The fourth-order valence-electron chi connectivity index (χ4n) is 2.77. The van der Waals surface area contributed by atoms with Gasteiger partial charge in [-0.1, -0.05) is 6.07 Å². The van der Waals surface area contributed by atoms with E-state index in [1.54, 1.807) is 42.5 Å². The van der Waals surface area contributed by atoms with Gasteiger partial charge in [-0.15, -0.1) is 0 Å². The summed E-state index contributed by atoms with van der Waals surface area (Å²) in [5.74, 6) is 0.965. The average molecular weight is 409 g/mol. The molecule has 30 heavy (non-hydrogen) atoms. The lowest BCUT2D eigenvalue weighted by molar-refractivity contribution is -0.384. The molecule has 0 bridgehead atoms. The first-order valence-corrected chi connectivity index (χ1v) is 8.83. The molecule has 0 fully saturated rings. The van der Waals surface area contributed by atoms with E-state index in [1.807, 2.05) is 6.92 Å². The molecular formula is C21H19N3O6. The van der Waals surface area contributed by atoms with Crippen molar-refractivity contribution in [1.82, 2.24) is 5.43 Å². The van der Waals surface area contributed by atoms with Crippen LogP contribution in [0.25, 0.3) is 11.3 Å². The molecule has 0 aliphatic carbocycles. The number of hydrogen-bond donors (Lipinski definition) is 1. The lowest BCUT2D eigenvalue weighted by atomic mass is 10.1. The molecule has 0 atom stereocenters. The molecule has 3 rings (SSSR count). The summed E-state index contributed by atoms with van der Waals surface area (Å²) in [4.78, 5) is 23.1. The molecule has 3 aromatic rings. The van der Waals surface area contributed by atoms with E-state index >= 15 is 0 Å². The van der Waals surface area contributed by atoms with Crippen molar-refractivity contribution in [3.8, 4) is 22.8 Å². The van der Waals surface area contributed by atoms with Crippen LogP contribution in [0.15, 0.2) is 58.0 Å². The number of amides is 1. The molecule has 9 heteroatoms. The summed E-state index contributed by atoms with van der Waals surface area (Å²) in [7, 11) is 2.91. The van der Waals surface area contributed by atoms with Crippen molar-refractivity contribution in [3.63, 3.8) is 0 Å². The highest BCUT2D eigenvalue weighted by molar-refractivity contribution is 5.97. The third-order valence-electron chi connectivity index (χ3n) is 4.25. The molecule has 2 aromatic carbocycles. The van der Waals surface area contributed by atoms with Gasteiger partial charge in [0.05, 0.1) is 42.6 Å². The minimum atomic E-state index is -0.511. The van der Waals surface area contributed by atoms with E-state index in [9.17, 15) is 14.9 Å². The predicted molar refractivity (Wildman–Crippen MR) is 110 cm³/mol. The Labute approximate surface area is 172 Å². The average Bonchev–Trinajstić information content (AvgIpc) is 3.21. The maximum atomic E-state index is 12.3. The molecule has 0 radical (unpaired) electrons. The molecule has 1 amide bonds. The van der Waals surface area contributed by atoms with Gasteiger partial charge < -0.3 is 13.9 Å². The number of methoxy groups -OCH3 is 2. The Balaban J connectivity index is 1.76. The first-order valence-electron chi connectivity index (χ1n) is 8.83. The van der Waals surface area contributed by atoms with Crippen LogP contribution < -0.4 is 14.9 Å². The number of furan rings is 1. The van der Waals surface area contributed by atoms with Gasteiger partial charge in [-0.3, -0.25) is 14.9 Å². The van der Waals surface area contributed by atoms with Crippen LogP contribution in [0.2, 0.25) is 0 Å². The largest absolute Gasteiger partial charge is 0.497 e. The highest BCUT2D eigenvalue weighted by Crippen LogP contribution is 2.33. The fraction of sp³-hybridized carbons (Fsp3) is 0.143. The zero-order valence-corrected chi connectivity index (χ0v) is 16.5. The van der Waals surface area contributed by atoms with E-state index < -0.39 is 10.8 Å². The second-order valence-corrected chi connectivity index (χ2v) is 6.25. The number of hydrazone groups is 1. The van der Waals surface area contributed by atoms with Crippen LogP contribution in [0, 0.1) is 17.0 Å². The summed E-state index contributed by atoms with van der Waals surface area (Å²) in [5.41, 5.74) is 3.86. The monoisotopic (exact) mass is 409 g/mol. The fourth-order valence-corrected chi connectivity index (χ4v) is 2.77. The van der Waals surface area contributed by atoms with Crippen LogP contribution in [-0.4, -0.2) is 31.3 Å². The van der Waals surface area contributed by atoms with Gasteiger partial charge in [0.2, 0.25) is 0 Å². The Morgan fingerprint density at radius 2 is 1.93 bits per heavy atom. The van der Waals surface area contributed by atoms with Crippen molar-refractivity contribution in [2.75, 3.05) is 14.2 Å². The Kier molecular flexibility index (Phi) is 6.11. The van der Waals surface area contributed by atoms with Crippen molar-refractivity contribution in [3.05, 3.63) is 75.5 Å². The van der Waals surface area contributed by atoms with E-state index in [1.165, 1.54) is 26.5 Å². The third-order valence-corrected chi connectivity index (χ3v) is 4.25. The number of nitrogens with one attached hydrogen (secondary N) is 1. The predicted octanol–water partition coefficient (Wildman–Crippen LogP) is 3.94. The number of nitrogens with zero attached hydrogens (tertiary/aromatic N) is 2. The molecule has 154 valence electrons. The zero-order valence-electron chi connectivity index (χ0n) is 16.5. The van der Waals surface area contributed by atoms with Crippen molar-refractivity contribution in [1.29, 1.82) is 0 Å². The lowest BCUT2D eigenvalue weighted by Gasteiger charge is -2.07. The van der Waals surface area contributed by atoms with Crippen LogP contribution in [0.5, 0.6) is 11.5 Å². The molecule has 0 spiro atoms. The van der Waals surface area contributed by atoms with Crippen molar-refractivity contribution < 1.29 is 23.6 Å². The molecule has 0 saturated carbocycles. The normalized spacial score (nSPS) is 10.8. The molecule has 1 N–H and O–H groups in total. The van der Waals surface area contributed by atoms with Crippen LogP contribution in [0.4, 0.5) is 5.69 Å². The first kappa shape index (κ1) is 20.6. The molecule has 9 nitrogen and oxygen atoms in total. The third kappa shape index (κ3) is 4.46. The van der Waals surface area contributed by atoms with Gasteiger partial charge in [-0.25, -0.2) is 5.43 Å². The topological polar surface area (TPSA) is 116 Å². The minimum absolute atomic E-state index is 0.146. The minimum Gasteiger partial charge on any atom is -0.497 e. The van der Waals surface area contributed by atoms with Crippen LogP contribution >= 0.6 is 0 Å².